The first-order valence-corrected chi connectivity index (χ1v) is 4.84. The van der Waals surface area contributed by atoms with Crippen molar-refractivity contribution in [3.63, 3.8) is 0 Å². The van der Waals surface area contributed by atoms with Gasteiger partial charge in [-0.15, -0.1) is 0 Å². The molecule has 7 nitrogen and oxygen atoms in total. The van der Waals surface area contributed by atoms with Gasteiger partial charge >= 0.3 is 5.88 Å². The zero-order valence-electron chi connectivity index (χ0n) is 8.86. The highest BCUT2D eigenvalue weighted by Crippen LogP contribution is 2.14. The highest BCUT2D eigenvalue weighted by atomic mass is 16.6. The Bertz CT molecular complexity index is 375. The summed E-state index contributed by atoms with van der Waals surface area (Å²) in [6.45, 7) is 2.84. The van der Waals surface area contributed by atoms with Crippen molar-refractivity contribution >= 4 is 11.8 Å². The Kier molecular flexibility index (Phi) is 4.46. The molecule has 0 aliphatic rings. The Morgan fingerprint density at radius 1 is 1.56 bits per heavy atom. The smallest absolute Gasteiger partial charge is 0.404 e. The van der Waals surface area contributed by atoms with Crippen LogP contribution in [0.4, 0.5) is 5.88 Å². The Balaban J connectivity index is 2.32. The average molecular weight is 227 g/mol. The molecule has 1 aromatic heterocycles. The lowest BCUT2D eigenvalue weighted by molar-refractivity contribution is -0.402. The highest BCUT2D eigenvalue weighted by molar-refractivity contribution is 5.77. The van der Waals surface area contributed by atoms with Crippen molar-refractivity contribution in [2.45, 2.75) is 13.5 Å². The summed E-state index contributed by atoms with van der Waals surface area (Å²) in [5.41, 5.74) is 0. The van der Waals surface area contributed by atoms with E-state index in [0.29, 0.717) is 12.3 Å². The number of furan rings is 1. The van der Waals surface area contributed by atoms with Crippen LogP contribution in [0, 0.1) is 10.1 Å². The van der Waals surface area contributed by atoms with Crippen LogP contribution in [0.2, 0.25) is 0 Å². The van der Waals surface area contributed by atoms with Gasteiger partial charge in [-0.05, 0) is 13.0 Å². The van der Waals surface area contributed by atoms with Crippen molar-refractivity contribution in [2.24, 2.45) is 0 Å². The predicted octanol–water partition coefficient (Wildman–Crippen LogP) is 0.414. The first kappa shape index (κ1) is 12.2. The van der Waals surface area contributed by atoms with Crippen LogP contribution in [0.5, 0.6) is 0 Å². The molecular formula is C9H13N3O4. The number of hydrogen-bond donors (Lipinski definition) is 2. The number of carbonyl (C=O) groups excluding carboxylic acids is 1. The fourth-order valence-electron chi connectivity index (χ4n) is 1.12. The van der Waals surface area contributed by atoms with E-state index in [4.69, 9.17) is 4.42 Å². The van der Waals surface area contributed by atoms with Crippen molar-refractivity contribution in [2.75, 3.05) is 13.1 Å². The summed E-state index contributed by atoms with van der Waals surface area (Å²) in [6.07, 6.45) is 0. The molecule has 0 bridgehead atoms. The highest BCUT2D eigenvalue weighted by Gasteiger charge is 2.11. The van der Waals surface area contributed by atoms with Crippen molar-refractivity contribution in [1.29, 1.82) is 0 Å². The number of nitrogens with one attached hydrogen (secondary N) is 2. The van der Waals surface area contributed by atoms with Crippen molar-refractivity contribution < 1.29 is 14.1 Å². The van der Waals surface area contributed by atoms with Gasteiger partial charge in [0.2, 0.25) is 5.91 Å². The number of likely N-dealkylation sites (N-methyl/N-ethyl adjacent to an activating group) is 1. The zero-order chi connectivity index (χ0) is 12.0. The summed E-state index contributed by atoms with van der Waals surface area (Å²) >= 11 is 0. The summed E-state index contributed by atoms with van der Waals surface area (Å²) in [7, 11) is 0. The van der Waals surface area contributed by atoms with Gasteiger partial charge in [0.05, 0.1) is 19.2 Å². The molecule has 0 saturated heterocycles. The molecule has 0 aliphatic carbocycles. The molecular weight excluding hydrogens is 214 g/mol. The van der Waals surface area contributed by atoms with Crippen LogP contribution in [0.15, 0.2) is 16.5 Å². The van der Waals surface area contributed by atoms with E-state index in [-0.39, 0.29) is 24.9 Å². The van der Waals surface area contributed by atoms with Gasteiger partial charge in [-0.1, -0.05) is 0 Å². The van der Waals surface area contributed by atoms with Gasteiger partial charge in [-0.3, -0.25) is 14.9 Å². The van der Waals surface area contributed by atoms with E-state index in [1.807, 2.05) is 6.92 Å². The number of nitro groups is 1. The third kappa shape index (κ3) is 3.70. The maximum atomic E-state index is 11.0. The second kappa shape index (κ2) is 5.86. The molecule has 0 aliphatic heterocycles. The van der Waals surface area contributed by atoms with E-state index in [1.165, 1.54) is 12.1 Å². The number of hydrogen-bond acceptors (Lipinski definition) is 5. The number of rotatable bonds is 6. The van der Waals surface area contributed by atoms with Crippen molar-refractivity contribution in [1.82, 2.24) is 10.6 Å². The molecule has 0 aromatic carbocycles. The minimum atomic E-state index is -0.604. The maximum Gasteiger partial charge on any atom is 0.433 e. The molecule has 0 fully saturated rings. The molecule has 1 rings (SSSR count). The number of carbonyl (C=O) groups is 1. The van der Waals surface area contributed by atoms with E-state index in [2.05, 4.69) is 10.6 Å². The van der Waals surface area contributed by atoms with Crippen LogP contribution in [-0.2, 0) is 11.3 Å². The molecule has 0 radical (unpaired) electrons. The zero-order valence-corrected chi connectivity index (χ0v) is 8.86. The molecule has 1 amide bonds. The van der Waals surface area contributed by atoms with Crippen LogP contribution in [-0.4, -0.2) is 23.9 Å². The molecule has 0 atom stereocenters. The van der Waals surface area contributed by atoms with Crippen molar-refractivity contribution in [3.05, 3.63) is 28.0 Å². The third-order valence-corrected chi connectivity index (χ3v) is 1.79. The van der Waals surface area contributed by atoms with Gasteiger partial charge in [0, 0.05) is 6.54 Å². The number of nitrogens with zero attached hydrogens (tertiary/aromatic N) is 1. The largest absolute Gasteiger partial charge is 0.433 e. The van der Waals surface area contributed by atoms with Crippen molar-refractivity contribution in [3.8, 4) is 0 Å². The van der Waals surface area contributed by atoms with Crippen LogP contribution in [0.25, 0.3) is 0 Å². The fourth-order valence-corrected chi connectivity index (χ4v) is 1.12. The molecule has 0 saturated carbocycles. The molecule has 0 spiro atoms. The summed E-state index contributed by atoms with van der Waals surface area (Å²) in [6, 6.07) is 2.78. The lowest BCUT2D eigenvalue weighted by Gasteiger charge is -2.02. The molecule has 1 aromatic rings. The summed E-state index contributed by atoms with van der Waals surface area (Å²) in [4.78, 5) is 20.7. The van der Waals surface area contributed by atoms with Gasteiger partial charge < -0.3 is 15.1 Å². The van der Waals surface area contributed by atoms with Gasteiger partial charge in [0.15, 0.2) is 0 Å². The second-order valence-corrected chi connectivity index (χ2v) is 3.05. The van der Waals surface area contributed by atoms with E-state index < -0.39 is 4.92 Å². The molecule has 0 unspecified atom stereocenters. The van der Waals surface area contributed by atoms with Crippen LogP contribution >= 0.6 is 0 Å². The predicted molar refractivity (Wildman–Crippen MR) is 55.8 cm³/mol. The fraction of sp³-hybridized carbons (Fsp3) is 0.444. The monoisotopic (exact) mass is 227 g/mol. The summed E-state index contributed by atoms with van der Waals surface area (Å²) in [5.74, 6) is 0.00867. The summed E-state index contributed by atoms with van der Waals surface area (Å²) < 4.78 is 4.89. The van der Waals surface area contributed by atoms with E-state index in [9.17, 15) is 14.9 Å². The average Bonchev–Trinajstić information content (AvgIpc) is 2.67. The Morgan fingerprint density at radius 3 is 2.88 bits per heavy atom. The van der Waals surface area contributed by atoms with Gasteiger partial charge in [-0.25, -0.2) is 0 Å². The quantitative estimate of drug-likeness (QED) is 0.542. The van der Waals surface area contributed by atoms with Gasteiger partial charge in [0.1, 0.15) is 10.7 Å². The topological polar surface area (TPSA) is 97.4 Å². The third-order valence-electron chi connectivity index (χ3n) is 1.79. The maximum absolute atomic E-state index is 11.0. The van der Waals surface area contributed by atoms with Crippen LogP contribution in [0.3, 0.4) is 0 Å². The van der Waals surface area contributed by atoms with Gasteiger partial charge in [-0.2, -0.15) is 0 Å². The minimum absolute atomic E-state index is 0.122. The minimum Gasteiger partial charge on any atom is -0.404 e. The Hall–Kier alpha value is -1.89. The Morgan fingerprint density at radius 2 is 2.31 bits per heavy atom. The Labute approximate surface area is 92.0 Å². The first-order chi connectivity index (χ1) is 7.63. The normalized spacial score (nSPS) is 10.1. The van der Waals surface area contributed by atoms with E-state index in [1.54, 1.807) is 0 Å². The molecule has 7 heteroatoms. The number of amides is 1. The SMILES string of the molecule is CCNC(=O)CNCc1ccc([N+](=O)[O-])o1. The molecule has 1 heterocycles. The standard InChI is InChI=1S/C9H13N3O4/c1-2-11-8(13)6-10-5-7-3-4-9(16-7)12(14)15/h3-4,10H,2,5-6H2,1H3,(H,11,13). The van der Waals surface area contributed by atoms with Crippen LogP contribution in [0.1, 0.15) is 12.7 Å². The molecule has 16 heavy (non-hydrogen) atoms. The second-order valence-electron chi connectivity index (χ2n) is 3.05. The molecule has 2 N–H and O–H groups in total. The first-order valence-electron chi connectivity index (χ1n) is 4.84. The molecule has 88 valence electrons. The lowest BCUT2D eigenvalue weighted by Crippen LogP contribution is -2.33. The summed E-state index contributed by atoms with van der Waals surface area (Å²) in [5, 5.41) is 15.7. The van der Waals surface area contributed by atoms with E-state index in [0.717, 1.165) is 0 Å². The van der Waals surface area contributed by atoms with Gasteiger partial charge in [0.25, 0.3) is 0 Å². The van der Waals surface area contributed by atoms with E-state index >= 15 is 0 Å². The van der Waals surface area contributed by atoms with Crippen LogP contribution < -0.4 is 10.6 Å². The lowest BCUT2D eigenvalue weighted by atomic mass is 10.4.